The van der Waals surface area contributed by atoms with E-state index in [1.54, 1.807) is 13.1 Å². The van der Waals surface area contributed by atoms with Crippen molar-refractivity contribution in [2.45, 2.75) is 65.1 Å². The molecule has 1 aliphatic rings. The van der Waals surface area contributed by atoms with Crippen LogP contribution in [0.2, 0.25) is 0 Å². The van der Waals surface area contributed by atoms with Crippen LogP contribution in [0.15, 0.2) is 6.20 Å². The topological polar surface area (TPSA) is 65.4 Å². The van der Waals surface area contributed by atoms with Gasteiger partial charge in [0.1, 0.15) is 5.75 Å². The molecule has 1 heterocycles. The number of aromatic hydroxyl groups is 1. The fourth-order valence-electron chi connectivity index (χ4n) is 3.04. The second kappa shape index (κ2) is 7.04. The summed E-state index contributed by atoms with van der Waals surface area (Å²) in [6.45, 7) is 4.57. The third-order valence-corrected chi connectivity index (χ3v) is 4.59. The van der Waals surface area contributed by atoms with Gasteiger partial charge in [0.05, 0.1) is 12.3 Å². The van der Waals surface area contributed by atoms with Gasteiger partial charge in [-0.05, 0) is 38.5 Å². The fourth-order valence-corrected chi connectivity index (χ4v) is 3.04. The molecule has 1 saturated carbocycles. The third kappa shape index (κ3) is 3.49. The zero-order valence-electron chi connectivity index (χ0n) is 12.5. The summed E-state index contributed by atoms with van der Waals surface area (Å²) < 4.78 is 0. The Labute approximate surface area is 121 Å². The lowest BCUT2D eigenvalue weighted by atomic mass is 9.84. The molecule has 0 aromatic carbocycles. The number of nitrogens with zero attached hydrogens (tertiary/aromatic N) is 1. The maximum Gasteiger partial charge on any atom is 0.141 e. The zero-order chi connectivity index (χ0) is 14.5. The lowest BCUT2D eigenvalue weighted by Crippen LogP contribution is -2.33. The van der Waals surface area contributed by atoms with E-state index in [1.807, 2.05) is 0 Å². The molecule has 1 aromatic heterocycles. The first-order valence-electron chi connectivity index (χ1n) is 7.66. The van der Waals surface area contributed by atoms with E-state index in [0.717, 1.165) is 11.5 Å². The molecule has 0 bridgehead atoms. The van der Waals surface area contributed by atoms with E-state index in [2.05, 4.69) is 17.2 Å². The Hall–Kier alpha value is -1.13. The molecule has 2 rings (SSSR count). The van der Waals surface area contributed by atoms with Crippen LogP contribution in [0.1, 0.15) is 55.8 Å². The van der Waals surface area contributed by atoms with E-state index >= 15 is 0 Å². The molecule has 0 unspecified atom stereocenters. The van der Waals surface area contributed by atoms with Gasteiger partial charge >= 0.3 is 0 Å². The molecule has 20 heavy (non-hydrogen) atoms. The first kappa shape index (κ1) is 15.3. The number of aryl methyl sites for hydroxylation is 1. The molecule has 0 atom stereocenters. The number of aliphatic hydroxyl groups excluding tert-OH is 1. The quantitative estimate of drug-likeness (QED) is 0.774. The van der Waals surface area contributed by atoms with Gasteiger partial charge in [0, 0.05) is 29.9 Å². The van der Waals surface area contributed by atoms with Gasteiger partial charge in [-0.1, -0.05) is 13.3 Å². The van der Waals surface area contributed by atoms with Crippen molar-refractivity contribution in [3.63, 3.8) is 0 Å². The number of aliphatic hydroxyl groups is 1. The summed E-state index contributed by atoms with van der Waals surface area (Å²) in [7, 11) is 0. The summed E-state index contributed by atoms with van der Waals surface area (Å²) in [6, 6.07) is 0.525. The number of aromatic nitrogens is 1. The molecule has 0 radical (unpaired) electrons. The Morgan fingerprint density at radius 2 is 2.00 bits per heavy atom. The van der Waals surface area contributed by atoms with E-state index in [4.69, 9.17) is 0 Å². The predicted molar refractivity (Wildman–Crippen MR) is 79.4 cm³/mol. The van der Waals surface area contributed by atoms with Crippen molar-refractivity contribution in [3.8, 4) is 5.75 Å². The SMILES string of the molecule is CCC1CCC(NCc2c(CO)cnc(C)c2O)CC1. The predicted octanol–water partition coefficient (Wildman–Crippen LogP) is 2.65. The molecule has 1 aromatic rings. The van der Waals surface area contributed by atoms with Crippen LogP contribution in [-0.4, -0.2) is 21.2 Å². The van der Waals surface area contributed by atoms with Crippen LogP contribution in [0, 0.1) is 12.8 Å². The van der Waals surface area contributed by atoms with Crippen LogP contribution in [0.4, 0.5) is 0 Å². The van der Waals surface area contributed by atoms with Crippen LogP contribution in [0.3, 0.4) is 0 Å². The molecule has 1 aliphatic carbocycles. The average molecular weight is 278 g/mol. The zero-order valence-corrected chi connectivity index (χ0v) is 12.5. The Kier molecular flexibility index (Phi) is 5.38. The number of rotatable bonds is 5. The number of hydrogen-bond acceptors (Lipinski definition) is 4. The van der Waals surface area contributed by atoms with Gasteiger partial charge in [0.2, 0.25) is 0 Å². The molecule has 112 valence electrons. The molecular weight excluding hydrogens is 252 g/mol. The summed E-state index contributed by atoms with van der Waals surface area (Å²) in [6.07, 6.45) is 7.94. The van der Waals surface area contributed by atoms with Crippen LogP contribution in [0.5, 0.6) is 5.75 Å². The highest BCUT2D eigenvalue weighted by molar-refractivity contribution is 5.40. The lowest BCUT2D eigenvalue weighted by molar-refractivity contribution is 0.273. The standard InChI is InChI=1S/C16H26N2O2/c1-3-12-4-6-14(7-5-12)18-9-15-13(10-19)8-17-11(2)16(15)20/h8,12,14,18-20H,3-7,9-10H2,1-2H3. The van der Waals surface area contributed by atoms with Gasteiger partial charge in [0.25, 0.3) is 0 Å². The van der Waals surface area contributed by atoms with Gasteiger partial charge < -0.3 is 15.5 Å². The molecule has 0 spiro atoms. The van der Waals surface area contributed by atoms with Crippen molar-refractivity contribution in [1.82, 2.24) is 10.3 Å². The molecule has 0 aliphatic heterocycles. The molecule has 1 fully saturated rings. The minimum Gasteiger partial charge on any atom is -0.506 e. The van der Waals surface area contributed by atoms with E-state index in [9.17, 15) is 10.2 Å². The summed E-state index contributed by atoms with van der Waals surface area (Å²) in [4.78, 5) is 4.09. The monoisotopic (exact) mass is 278 g/mol. The molecular formula is C16H26N2O2. The van der Waals surface area contributed by atoms with E-state index in [0.29, 0.717) is 23.8 Å². The minimum atomic E-state index is -0.0829. The maximum atomic E-state index is 10.1. The van der Waals surface area contributed by atoms with Crippen LogP contribution in [0.25, 0.3) is 0 Å². The second-order valence-corrected chi connectivity index (χ2v) is 5.86. The third-order valence-electron chi connectivity index (χ3n) is 4.59. The largest absolute Gasteiger partial charge is 0.506 e. The smallest absolute Gasteiger partial charge is 0.141 e. The average Bonchev–Trinajstić information content (AvgIpc) is 2.49. The van der Waals surface area contributed by atoms with Crippen molar-refractivity contribution < 1.29 is 10.2 Å². The van der Waals surface area contributed by atoms with Crippen molar-refractivity contribution >= 4 is 0 Å². The highest BCUT2D eigenvalue weighted by Gasteiger charge is 2.20. The van der Waals surface area contributed by atoms with Gasteiger partial charge in [-0.2, -0.15) is 0 Å². The summed E-state index contributed by atoms with van der Waals surface area (Å²) in [5, 5.41) is 23.0. The van der Waals surface area contributed by atoms with Gasteiger partial charge in [-0.15, -0.1) is 0 Å². The molecule has 0 amide bonds. The van der Waals surface area contributed by atoms with Crippen molar-refractivity contribution in [2.75, 3.05) is 0 Å². The number of pyridine rings is 1. The Bertz CT molecular complexity index is 440. The number of nitrogens with one attached hydrogen (secondary N) is 1. The fraction of sp³-hybridized carbons (Fsp3) is 0.688. The molecule has 3 N–H and O–H groups in total. The Balaban J connectivity index is 1.96. The van der Waals surface area contributed by atoms with Crippen LogP contribution in [-0.2, 0) is 13.2 Å². The van der Waals surface area contributed by atoms with Crippen molar-refractivity contribution in [2.24, 2.45) is 5.92 Å². The Morgan fingerprint density at radius 3 is 2.60 bits per heavy atom. The lowest BCUT2D eigenvalue weighted by Gasteiger charge is -2.29. The van der Waals surface area contributed by atoms with Gasteiger partial charge in [-0.25, -0.2) is 0 Å². The molecule has 0 saturated heterocycles. The van der Waals surface area contributed by atoms with Crippen molar-refractivity contribution in [3.05, 3.63) is 23.0 Å². The van der Waals surface area contributed by atoms with Crippen molar-refractivity contribution in [1.29, 1.82) is 0 Å². The summed E-state index contributed by atoms with van der Waals surface area (Å²) in [5.74, 6) is 1.10. The summed E-state index contributed by atoms with van der Waals surface area (Å²) >= 11 is 0. The highest BCUT2D eigenvalue weighted by atomic mass is 16.3. The first-order chi connectivity index (χ1) is 9.65. The normalized spacial score (nSPS) is 22.9. The highest BCUT2D eigenvalue weighted by Crippen LogP contribution is 2.28. The van der Waals surface area contributed by atoms with E-state index in [1.165, 1.54) is 32.1 Å². The number of hydrogen-bond donors (Lipinski definition) is 3. The van der Waals surface area contributed by atoms with Crippen LogP contribution < -0.4 is 5.32 Å². The summed E-state index contributed by atoms with van der Waals surface area (Å²) in [5.41, 5.74) is 2.12. The first-order valence-corrected chi connectivity index (χ1v) is 7.66. The molecule has 4 nitrogen and oxygen atoms in total. The van der Waals surface area contributed by atoms with E-state index < -0.39 is 0 Å². The Morgan fingerprint density at radius 1 is 1.30 bits per heavy atom. The minimum absolute atomic E-state index is 0.0829. The van der Waals surface area contributed by atoms with E-state index in [-0.39, 0.29) is 12.4 Å². The molecule has 4 heteroatoms. The van der Waals surface area contributed by atoms with Crippen LogP contribution >= 0.6 is 0 Å². The van der Waals surface area contributed by atoms with Gasteiger partial charge in [0.15, 0.2) is 0 Å². The maximum absolute atomic E-state index is 10.1. The van der Waals surface area contributed by atoms with Gasteiger partial charge in [-0.3, -0.25) is 4.98 Å². The second-order valence-electron chi connectivity index (χ2n) is 5.86.